The van der Waals surface area contributed by atoms with Gasteiger partial charge in [-0.3, -0.25) is 9.59 Å². The van der Waals surface area contributed by atoms with Crippen LogP contribution in [0.25, 0.3) is 0 Å². The maximum atomic E-state index is 12.6. The number of Topliss-reactive ketones (excluding diaryl/α,β-unsaturated/α-hetero) is 1. The minimum atomic E-state index is -0.648. The molecule has 0 aliphatic heterocycles. The zero-order valence-corrected chi connectivity index (χ0v) is 12.8. The summed E-state index contributed by atoms with van der Waals surface area (Å²) in [6.07, 6.45) is -0.0294. The second-order valence-electron chi connectivity index (χ2n) is 4.32. The molecule has 0 spiro atoms. The Morgan fingerprint density at radius 2 is 1.90 bits per heavy atom. The van der Waals surface area contributed by atoms with E-state index in [2.05, 4.69) is 10.1 Å². The molecule has 1 N–H and O–H groups in total. The third-order valence-corrected chi connectivity index (χ3v) is 3.04. The van der Waals surface area contributed by atoms with E-state index < -0.39 is 12.0 Å². The number of carbonyl (C=O) groups excluding carboxylic acids is 2. The normalized spacial score (nSPS) is 11.6. The van der Waals surface area contributed by atoms with Crippen molar-refractivity contribution in [1.29, 1.82) is 0 Å². The number of likely N-dealkylation sites (N-methyl/N-ethyl adjacent to an activating group) is 1. The predicted octanol–water partition coefficient (Wildman–Crippen LogP) is 1.43. The van der Waals surface area contributed by atoms with Gasteiger partial charge in [0.2, 0.25) is 0 Å². The number of hydrogen-bond donors (Lipinski definition) is 1. The molecule has 1 aromatic rings. The van der Waals surface area contributed by atoms with Crippen LogP contribution in [0.1, 0.15) is 23.7 Å². The van der Waals surface area contributed by atoms with E-state index in [9.17, 15) is 9.59 Å². The summed E-state index contributed by atoms with van der Waals surface area (Å²) in [6, 6.07) is 4.29. The molecule has 0 saturated heterocycles. The maximum absolute atomic E-state index is 12.6. The highest BCUT2D eigenvalue weighted by molar-refractivity contribution is 6.04. The van der Waals surface area contributed by atoms with Crippen LogP contribution in [0.3, 0.4) is 0 Å². The maximum Gasteiger partial charge on any atom is 0.307 e. The van der Waals surface area contributed by atoms with Crippen LogP contribution in [0.15, 0.2) is 18.2 Å². The lowest BCUT2D eigenvalue weighted by Gasteiger charge is -2.17. The third kappa shape index (κ3) is 4.46. The number of methoxy groups -OCH3 is 3. The topological polar surface area (TPSA) is 73.9 Å². The molecule has 0 aliphatic rings. The second kappa shape index (κ2) is 8.26. The van der Waals surface area contributed by atoms with Crippen LogP contribution in [0.5, 0.6) is 11.5 Å². The van der Waals surface area contributed by atoms with Crippen LogP contribution in [0.2, 0.25) is 0 Å². The number of rotatable bonds is 8. The van der Waals surface area contributed by atoms with Gasteiger partial charge in [0.25, 0.3) is 0 Å². The van der Waals surface area contributed by atoms with Crippen molar-refractivity contribution < 1.29 is 23.8 Å². The third-order valence-electron chi connectivity index (χ3n) is 3.04. The summed E-state index contributed by atoms with van der Waals surface area (Å²) in [7, 11) is 4.31. The summed E-state index contributed by atoms with van der Waals surface area (Å²) in [4.78, 5) is 24.0. The van der Waals surface area contributed by atoms with Crippen molar-refractivity contribution in [1.82, 2.24) is 5.32 Å². The van der Waals surface area contributed by atoms with Crippen molar-refractivity contribution in [3.05, 3.63) is 23.8 Å². The Labute approximate surface area is 124 Å². The molecule has 116 valence electrons. The smallest absolute Gasteiger partial charge is 0.307 e. The average Bonchev–Trinajstić information content (AvgIpc) is 2.52. The highest BCUT2D eigenvalue weighted by Gasteiger charge is 2.25. The number of esters is 1. The van der Waals surface area contributed by atoms with Gasteiger partial charge in [-0.2, -0.15) is 0 Å². The summed E-state index contributed by atoms with van der Waals surface area (Å²) in [5.41, 5.74) is 0.396. The lowest BCUT2D eigenvalue weighted by molar-refractivity contribution is -0.140. The van der Waals surface area contributed by atoms with Crippen LogP contribution < -0.4 is 14.8 Å². The van der Waals surface area contributed by atoms with Gasteiger partial charge >= 0.3 is 5.97 Å². The van der Waals surface area contributed by atoms with Crippen molar-refractivity contribution in [3.8, 4) is 11.5 Å². The largest absolute Gasteiger partial charge is 0.497 e. The Balaban J connectivity index is 3.05. The fourth-order valence-corrected chi connectivity index (χ4v) is 1.94. The fraction of sp³-hybridized carbons (Fsp3) is 0.467. The van der Waals surface area contributed by atoms with Crippen molar-refractivity contribution in [3.63, 3.8) is 0 Å². The standard InChI is InChI=1S/C15H21NO5/c1-5-16-12(9-14(17)21-4)15(18)11-7-6-10(19-2)8-13(11)20-3/h6-8,12,16H,5,9H2,1-4H3. The van der Waals surface area contributed by atoms with Crippen LogP contribution in [0, 0.1) is 0 Å². The molecule has 0 aliphatic carbocycles. The first-order chi connectivity index (χ1) is 10.1. The molecule has 6 heteroatoms. The minimum absolute atomic E-state index is 0.0294. The van der Waals surface area contributed by atoms with Gasteiger partial charge in [0, 0.05) is 6.07 Å². The van der Waals surface area contributed by atoms with Crippen LogP contribution in [-0.4, -0.2) is 45.7 Å². The Morgan fingerprint density at radius 1 is 1.19 bits per heavy atom. The van der Waals surface area contributed by atoms with Gasteiger partial charge in [0.1, 0.15) is 11.5 Å². The van der Waals surface area contributed by atoms with Crippen molar-refractivity contribution in [2.75, 3.05) is 27.9 Å². The monoisotopic (exact) mass is 295 g/mol. The number of carbonyl (C=O) groups is 2. The Morgan fingerprint density at radius 3 is 2.43 bits per heavy atom. The van der Waals surface area contributed by atoms with Gasteiger partial charge in [0.05, 0.1) is 39.4 Å². The first kappa shape index (κ1) is 17.0. The van der Waals surface area contributed by atoms with Crippen molar-refractivity contribution >= 4 is 11.8 Å². The molecule has 0 radical (unpaired) electrons. The summed E-state index contributed by atoms with van der Waals surface area (Å²) in [6.45, 7) is 2.43. The van der Waals surface area contributed by atoms with E-state index in [1.165, 1.54) is 21.3 Å². The molecule has 6 nitrogen and oxygen atoms in total. The first-order valence-electron chi connectivity index (χ1n) is 6.63. The molecular weight excluding hydrogens is 274 g/mol. The van der Waals surface area contributed by atoms with E-state index in [0.717, 1.165) is 0 Å². The van der Waals surface area contributed by atoms with Gasteiger partial charge in [-0.15, -0.1) is 0 Å². The van der Waals surface area contributed by atoms with Crippen LogP contribution in [-0.2, 0) is 9.53 Å². The van der Waals surface area contributed by atoms with E-state index >= 15 is 0 Å². The molecule has 0 amide bonds. The molecule has 1 rings (SSSR count). The van der Waals surface area contributed by atoms with Crippen molar-refractivity contribution in [2.45, 2.75) is 19.4 Å². The van der Waals surface area contributed by atoms with Crippen LogP contribution in [0.4, 0.5) is 0 Å². The lowest BCUT2D eigenvalue weighted by Crippen LogP contribution is -2.39. The number of benzene rings is 1. The quantitative estimate of drug-likeness (QED) is 0.577. The van der Waals surface area contributed by atoms with E-state index in [-0.39, 0.29) is 12.2 Å². The SMILES string of the molecule is CCNC(CC(=O)OC)C(=O)c1ccc(OC)cc1OC. The summed E-state index contributed by atoms with van der Waals surface area (Å²) >= 11 is 0. The predicted molar refractivity (Wildman–Crippen MR) is 78.0 cm³/mol. The molecule has 0 saturated carbocycles. The Kier molecular flexibility index (Phi) is 6.68. The summed E-state index contributed by atoms with van der Waals surface area (Å²) in [5.74, 6) is 0.340. The number of ketones is 1. The van der Waals surface area contributed by atoms with E-state index in [1.54, 1.807) is 18.2 Å². The van der Waals surface area contributed by atoms with Gasteiger partial charge in [0.15, 0.2) is 5.78 Å². The van der Waals surface area contributed by atoms with Crippen LogP contribution >= 0.6 is 0 Å². The zero-order valence-electron chi connectivity index (χ0n) is 12.8. The molecule has 21 heavy (non-hydrogen) atoms. The lowest BCUT2D eigenvalue weighted by atomic mass is 10.0. The number of hydrogen-bond acceptors (Lipinski definition) is 6. The average molecular weight is 295 g/mol. The fourth-order valence-electron chi connectivity index (χ4n) is 1.94. The summed E-state index contributed by atoms with van der Waals surface area (Å²) < 4.78 is 14.9. The molecule has 0 aromatic heterocycles. The minimum Gasteiger partial charge on any atom is -0.497 e. The van der Waals surface area contributed by atoms with E-state index in [0.29, 0.717) is 23.6 Å². The summed E-state index contributed by atoms with van der Waals surface area (Å²) in [5, 5.41) is 2.99. The van der Waals surface area contributed by atoms with E-state index in [1.807, 2.05) is 6.92 Å². The molecule has 0 fully saturated rings. The molecule has 1 unspecified atom stereocenters. The molecule has 0 bridgehead atoms. The van der Waals surface area contributed by atoms with Gasteiger partial charge in [-0.05, 0) is 18.7 Å². The molecule has 1 aromatic carbocycles. The molecule has 1 atom stereocenters. The van der Waals surface area contributed by atoms with Gasteiger partial charge in [-0.1, -0.05) is 6.92 Å². The molecule has 0 heterocycles. The second-order valence-corrected chi connectivity index (χ2v) is 4.32. The number of ether oxygens (including phenoxy) is 3. The Hall–Kier alpha value is -2.08. The Bertz CT molecular complexity index is 501. The number of nitrogens with one attached hydrogen (secondary N) is 1. The highest BCUT2D eigenvalue weighted by atomic mass is 16.5. The first-order valence-corrected chi connectivity index (χ1v) is 6.63. The van der Waals surface area contributed by atoms with Crippen molar-refractivity contribution in [2.24, 2.45) is 0 Å². The van der Waals surface area contributed by atoms with E-state index in [4.69, 9.17) is 9.47 Å². The zero-order chi connectivity index (χ0) is 15.8. The van der Waals surface area contributed by atoms with Gasteiger partial charge in [-0.25, -0.2) is 0 Å². The van der Waals surface area contributed by atoms with Gasteiger partial charge < -0.3 is 19.5 Å². The molecular formula is C15H21NO5. The highest BCUT2D eigenvalue weighted by Crippen LogP contribution is 2.26.